The number of hydrogen-bond acceptors (Lipinski definition) is 4. The average Bonchev–Trinajstić information content (AvgIpc) is 2.74. The molecule has 0 aliphatic carbocycles. The Hall–Kier alpha value is -2.17. The summed E-state index contributed by atoms with van der Waals surface area (Å²) in [7, 11) is 0. The Morgan fingerprint density at radius 3 is 2.74 bits per heavy atom. The van der Waals surface area contributed by atoms with Crippen LogP contribution in [0.15, 0.2) is 24.3 Å². The lowest BCUT2D eigenvalue weighted by Crippen LogP contribution is -2.09. The summed E-state index contributed by atoms with van der Waals surface area (Å²) in [4.78, 5) is 11.7. The molecule has 0 radical (unpaired) electrons. The Morgan fingerprint density at radius 1 is 1.32 bits per heavy atom. The normalized spacial score (nSPS) is 10.5. The second-order valence-corrected chi connectivity index (χ2v) is 4.33. The third-order valence-electron chi connectivity index (χ3n) is 3.03. The van der Waals surface area contributed by atoms with Gasteiger partial charge < -0.3 is 4.74 Å². The molecule has 0 amide bonds. The summed E-state index contributed by atoms with van der Waals surface area (Å²) in [5.41, 5.74) is 3.36. The Balaban J connectivity index is 2.23. The van der Waals surface area contributed by atoms with Gasteiger partial charge in [-0.1, -0.05) is 29.5 Å². The fraction of sp³-hybridized carbons (Fsp3) is 0.357. The second-order valence-electron chi connectivity index (χ2n) is 4.33. The van der Waals surface area contributed by atoms with Crippen LogP contribution in [0.5, 0.6) is 0 Å². The lowest BCUT2D eigenvalue weighted by atomic mass is 10.1. The van der Waals surface area contributed by atoms with Gasteiger partial charge in [0, 0.05) is 0 Å². The minimum Gasteiger partial charge on any atom is -0.461 e. The van der Waals surface area contributed by atoms with Crippen molar-refractivity contribution in [2.24, 2.45) is 0 Å². The molecule has 2 aromatic rings. The predicted molar refractivity (Wildman–Crippen MR) is 71.0 cm³/mol. The third kappa shape index (κ3) is 2.81. The van der Waals surface area contributed by atoms with Crippen LogP contribution in [0.1, 0.15) is 34.2 Å². The number of hydrogen-bond donors (Lipinski definition) is 0. The van der Waals surface area contributed by atoms with Gasteiger partial charge >= 0.3 is 5.97 Å². The Morgan fingerprint density at radius 2 is 2.05 bits per heavy atom. The first-order chi connectivity index (χ1) is 9.13. The number of ether oxygens (including phenoxy) is 1. The zero-order chi connectivity index (χ0) is 13.8. The molecule has 5 heteroatoms. The van der Waals surface area contributed by atoms with Crippen LogP contribution in [0.25, 0.3) is 0 Å². The number of carbonyl (C=O) groups excluding carboxylic acids is 1. The molecule has 0 saturated heterocycles. The number of rotatable bonds is 4. The van der Waals surface area contributed by atoms with Crippen LogP contribution in [0, 0.1) is 13.8 Å². The molecule has 19 heavy (non-hydrogen) atoms. The maximum absolute atomic E-state index is 11.7. The van der Waals surface area contributed by atoms with E-state index in [1.54, 1.807) is 11.6 Å². The molecule has 0 spiro atoms. The van der Waals surface area contributed by atoms with E-state index in [-0.39, 0.29) is 5.69 Å². The number of aromatic nitrogens is 3. The van der Waals surface area contributed by atoms with Gasteiger partial charge in [0.2, 0.25) is 0 Å². The number of aryl methyl sites for hydroxylation is 1. The van der Waals surface area contributed by atoms with Crippen LogP contribution in [0.4, 0.5) is 0 Å². The number of benzene rings is 1. The Kier molecular flexibility index (Phi) is 3.94. The lowest BCUT2D eigenvalue weighted by molar-refractivity contribution is 0.0518. The predicted octanol–water partition coefficient (Wildman–Crippen LogP) is 2.12. The van der Waals surface area contributed by atoms with Gasteiger partial charge in [0.05, 0.1) is 18.8 Å². The number of nitrogens with zero attached hydrogens (tertiary/aromatic N) is 3. The molecule has 0 fully saturated rings. The van der Waals surface area contributed by atoms with E-state index in [1.165, 1.54) is 5.56 Å². The average molecular weight is 259 g/mol. The number of esters is 1. The highest BCUT2D eigenvalue weighted by Crippen LogP contribution is 2.12. The minimum absolute atomic E-state index is 0.287. The van der Waals surface area contributed by atoms with Crippen molar-refractivity contribution in [3.63, 3.8) is 0 Å². The van der Waals surface area contributed by atoms with Gasteiger partial charge in [0.1, 0.15) is 0 Å². The molecular weight excluding hydrogens is 242 g/mol. The molecule has 2 rings (SSSR count). The van der Waals surface area contributed by atoms with Crippen LogP contribution in [0.2, 0.25) is 0 Å². The van der Waals surface area contributed by atoms with Crippen molar-refractivity contribution in [2.75, 3.05) is 6.61 Å². The Labute approximate surface area is 112 Å². The fourth-order valence-electron chi connectivity index (χ4n) is 1.85. The van der Waals surface area contributed by atoms with Gasteiger partial charge in [-0.15, -0.1) is 5.10 Å². The van der Waals surface area contributed by atoms with Crippen LogP contribution < -0.4 is 0 Å². The van der Waals surface area contributed by atoms with E-state index in [2.05, 4.69) is 10.3 Å². The SMILES string of the molecule is CCOC(=O)c1nnn(Cc2ccccc2C)c1C. The summed E-state index contributed by atoms with van der Waals surface area (Å²) in [5, 5.41) is 7.92. The van der Waals surface area contributed by atoms with Crippen molar-refractivity contribution in [1.29, 1.82) is 0 Å². The molecule has 5 nitrogen and oxygen atoms in total. The Bertz CT molecular complexity index is 590. The first-order valence-corrected chi connectivity index (χ1v) is 6.25. The summed E-state index contributed by atoms with van der Waals surface area (Å²) in [6.45, 7) is 6.58. The highest BCUT2D eigenvalue weighted by atomic mass is 16.5. The first-order valence-electron chi connectivity index (χ1n) is 6.25. The molecule has 0 bridgehead atoms. The smallest absolute Gasteiger partial charge is 0.360 e. The lowest BCUT2D eigenvalue weighted by Gasteiger charge is -2.06. The third-order valence-corrected chi connectivity index (χ3v) is 3.03. The molecule has 100 valence electrons. The molecule has 0 aliphatic rings. The molecule has 0 atom stereocenters. The largest absolute Gasteiger partial charge is 0.461 e. The van der Waals surface area contributed by atoms with Crippen molar-refractivity contribution in [3.05, 3.63) is 46.8 Å². The van der Waals surface area contributed by atoms with E-state index in [1.807, 2.05) is 38.1 Å². The maximum atomic E-state index is 11.7. The van der Waals surface area contributed by atoms with E-state index >= 15 is 0 Å². The zero-order valence-corrected chi connectivity index (χ0v) is 11.4. The van der Waals surface area contributed by atoms with E-state index in [9.17, 15) is 4.79 Å². The standard InChI is InChI=1S/C14H17N3O2/c1-4-19-14(18)13-11(3)17(16-15-13)9-12-8-6-5-7-10(12)2/h5-8H,4,9H2,1-3H3. The molecule has 1 aromatic carbocycles. The minimum atomic E-state index is -0.420. The van der Waals surface area contributed by atoms with E-state index in [0.29, 0.717) is 13.2 Å². The van der Waals surface area contributed by atoms with Crippen molar-refractivity contribution in [3.8, 4) is 0 Å². The van der Waals surface area contributed by atoms with Crippen LogP contribution in [-0.4, -0.2) is 27.6 Å². The van der Waals surface area contributed by atoms with Gasteiger partial charge in [0.25, 0.3) is 0 Å². The molecule has 0 N–H and O–H groups in total. The molecule has 0 saturated carbocycles. The zero-order valence-electron chi connectivity index (χ0n) is 11.4. The van der Waals surface area contributed by atoms with Crippen LogP contribution in [-0.2, 0) is 11.3 Å². The highest BCUT2D eigenvalue weighted by Gasteiger charge is 2.17. The van der Waals surface area contributed by atoms with Gasteiger partial charge in [-0.25, -0.2) is 9.48 Å². The molecule has 1 aromatic heterocycles. The molecule has 1 heterocycles. The summed E-state index contributed by atoms with van der Waals surface area (Å²) in [5.74, 6) is -0.420. The quantitative estimate of drug-likeness (QED) is 0.789. The van der Waals surface area contributed by atoms with Gasteiger partial charge in [-0.2, -0.15) is 0 Å². The monoisotopic (exact) mass is 259 g/mol. The first kappa shape index (κ1) is 13.3. The summed E-state index contributed by atoms with van der Waals surface area (Å²) >= 11 is 0. The van der Waals surface area contributed by atoms with Crippen molar-refractivity contribution >= 4 is 5.97 Å². The van der Waals surface area contributed by atoms with Gasteiger partial charge in [0.15, 0.2) is 5.69 Å². The van der Waals surface area contributed by atoms with E-state index in [0.717, 1.165) is 11.3 Å². The highest BCUT2D eigenvalue weighted by molar-refractivity contribution is 5.88. The number of carbonyl (C=O) groups is 1. The van der Waals surface area contributed by atoms with Crippen molar-refractivity contribution in [1.82, 2.24) is 15.0 Å². The van der Waals surface area contributed by atoms with Crippen molar-refractivity contribution in [2.45, 2.75) is 27.3 Å². The van der Waals surface area contributed by atoms with Crippen LogP contribution in [0.3, 0.4) is 0 Å². The maximum Gasteiger partial charge on any atom is 0.360 e. The van der Waals surface area contributed by atoms with E-state index < -0.39 is 5.97 Å². The second kappa shape index (κ2) is 5.65. The van der Waals surface area contributed by atoms with Crippen molar-refractivity contribution < 1.29 is 9.53 Å². The topological polar surface area (TPSA) is 57.0 Å². The molecule has 0 aliphatic heterocycles. The summed E-state index contributed by atoms with van der Waals surface area (Å²) < 4.78 is 6.66. The summed E-state index contributed by atoms with van der Waals surface area (Å²) in [6, 6.07) is 8.08. The fourth-order valence-corrected chi connectivity index (χ4v) is 1.85. The molecule has 0 unspecified atom stereocenters. The molecular formula is C14H17N3O2. The van der Waals surface area contributed by atoms with Gasteiger partial charge in [-0.05, 0) is 31.9 Å². The van der Waals surface area contributed by atoms with Gasteiger partial charge in [-0.3, -0.25) is 0 Å². The summed E-state index contributed by atoms with van der Waals surface area (Å²) in [6.07, 6.45) is 0. The van der Waals surface area contributed by atoms with Crippen LogP contribution >= 0.6 is 0 Å². The van der Waals surface area contributed by atoms with E-state index in [4.69, 9.17) is 4.74 Å².